The van der Waals surface area contributed by atoms with E-state index in [9.17, 15) is 4.79 Å². The van der Waals surface area contributed by atoms with Gasteiger partial charge in [0.05, 0.1) is 18.0 Å². The molecule has 0 aliphatic rings. The quantitative estimate of drug-likeness (QED) is 0.836. The van der Waals surface area contributed by atoms with Crippen molar-refractivity contribution in [1.82, 2.24) is 9.78 Å². The molecule has 1 aromatic rings. The van der Waals surface area contributed by atoms with Gasteiger partial charge in [-0.15, -0.1) is 0 Å². The Morgan fingerprint density at radius 2 is 2.40 bits per heavy atom. The number of anilines is 1. The molecule has 0 bridgehead atoms. The number of aromatic nitrogens is 2. The minimum Gasteiger partial charge on any atom is -0.380 e. The van der Waals surface area contributed by atoms with E-state index in [1.54, 1.807) is 14.2 Å². The van der Waals surface area contributed by atoms with Gasteiger partial charge in [0, 0.05) is 20.7 Å². The van der Waals surface area contributed by atoms with E-state index in [0.29, 0.717) is 12.2 Å². The van der Waals surface area contributed by atoms with Gasteiger partial charge in [-0.1, -0.05) is 11.6 Å². The van der Waals surface area contributed by atoms with E-state index in [-0.39, 0.29) is 16.7 Å². The number of hydrogen-bond donors (Lipinski definition) is 1. The standard InChI is InChI=1S/C9H14ClN3O2/c1-6(15-3)4-11-7-5-12-13(2)9(14)8(7)10/h5-6,11H,4H2,1-3H3. The van der Waals surface area contributed by atoms with Gasteiger partial charge in [-0.25, -0.2) is 4.68 Å². The predicted octanol–water partition coefficient (Wildman–Crippen LogP) is 0.880. The first-order valence-electron chi connectivity index (χ1n) is 4.54. The zero-order valence-electron chi connectivity index (χ0n) is 8.95. The van der Waals surface area contributed by atoms with Gasteiger partial charge in [0.15, 0.2) is 0 Å². The van der Waals surface area contributed by atoms with Crippen LogP contribution in [0.5, 0.6) is 0 Å². The molecule has 5 nitrogen and oxygen atoms in total. The third-order valence-corrected chi connectivity index (χ3v) is 2.43. The molecule has 1 atom stereocenters. The molecule has 84 valence electrons. The number of aryl methyl sites for hydroxylation is 1. The summed E-state index contributed by atoms with van der Waals surface area (Å²) in [4.78, 5) is 11.4. The highest BCUT2D eigenvalue weighted by Gasteiger charge is 2.07. The van der Waals surface area contributed by atoms with Crippen LogP contribution in [0.3, 0.4) is 0 Å². The summed E-state index contributed by atoms with van der Waals surface area (Å²) in [6, 6.07) is 0. The van der Waals surface area contributed by atoms with E-state index in [2.05, 4.69) is 10.4 Å². The van der Waals surface area contributed by atoms with Crippen molar-refractivity contribution < 1.29 is 4.74 Å². The van der Waals surface area contributed by atoms with Gasteiger partial charge < -0.3 is 10.1 Å². The summed E-state index contributed by atoms with van der Waals surface area (Å²) in [6.07, 6.45) is 1.57. The van der Waals surface area contributed by atoms with Crippen LogP contribution in [-0.2, 0) is 11.8 Å². The Labute approximate surface area is 93.0 Å². The highest BCUT2D eigenvalue weighted by atomic mass is 35.5. The summed E-state index contributed by atoms with van der Waals surface area (Å²) >= 11 is 5.85. The van der Waals surface area contributed by atoms with E-state index in [0.717, 1.165) is 0 Å². The summed E-state index contributed by atoms with van der Waals surface area (Å²) in [5.41, 5.74) is 0.218. The molecule has 1 aromatic heterocycles. The number of rotatable bonds is 4. The zero-order chi connectivity index (χ0) is 11.4. The molecule has 15 heavy (non-hydrogen) atoms. The molecule has 0 amide bonds. The molecular formula is C9H14ClN3O2. The van der Waals surface area contributed by atoms with Crippen molar-refractivity contribution >= 4 is 17.3 Å². The van der Waals surface area contributed by atoms with E-state index in [1.807, 2.05) is 6.92 Å². The molecule has 1 rings (SSSR count). The molecule has 1 heterocycles. The minimum atomic E-state index is -0.313. The molecule has 0 fully saturated rings. The third-order valence-electron chi connectivity index (χ3n) is 2.06. The second-order valence-corrected chi connectivity index (χ2v) is 3.61. The number of ether oxygens (including phenoxy) is 1. The molecule has 0 aliphatic heterocycles. The van der Waals surface area contributed by atoms with E-state index >= 15 is 0 Å². The Kier molecular flexibility index (Phi) is 4.11. The molecule has 0 spiro atoms. The summed E-state index contributed by atoms with van der Waals surface area (Å²) < 4.78 is 6.24. The third kappa shape index (κ3) is 2.94. The van der Waals surface area contributed by atoms with Crippen molar-refractivity contribution in [3.63, 3.8) is 0 Å². The number of hydrogen-bond acceptors (Lipinski definition) is 4. The van der Waals surface area contributed by atoms with Crippen LogP contribution in [0.4, 0.5) is 5.69 Å². The summed E-state index contributed by atoms with van der Waals surface area (Å²) in [5, 5.41) is 7.01. The summed E-state index contributed by atoms with van der Waals surface area (Å²) in [6.45, 7) is 2.49. The molecule has 1 N–H and O–H groups in total. The fourth-order valence-electron chi connectivity index (χ4n) is 0.971. The number of nitrogens with zero attached hydrogens (tertiary/aromatic N) is 2. The monoisotopic (exact) mass is 231 g/mol. The highest BCUT2D eigenvalue weighted by molar-refractivity contribution is 6.32. The van der Waals surface area contributed by atoms with E-state index in [1.165, 1.54) is 10.9 Å². The average molecular weight is 232 g/mol. The van der Waals surface area contributed by atoms with Crippen LogP contribution in [0.25, 0.3) is 0 Å². The Morgan fingerprint density at radius 3 is 3.00 bits per heavy atom. The van der Waals surface area contributed by atoms with Crippen LogP contribution in [0.1, 0.15) is 6.92 Å². The normalized spacial score (nSPS) is 12.5. The lowest BCUT2D eigenvalue weighted by atomic mass is 10.3. The maximum absolute atomic E-state index is 11.4. The second kappa shape index (κ2) is 5.14. The van der Waals surface area contributed by atoms with Crippen LogP contribution >= 0.6 is 11.6 Å². The number of halogens is 1. The summed E-state index contributed by atoms with van der Waals surface area (Å²) in [7, 11) is 3.17. The highest BCUT2D eigenvalue weighted by Crippen LogP contribution is 2.14. The largest absolute Gasteiger partial charge is 0.380 e. The van der Waals surface area contributed by atoms with Gasteiger partial charge in [-0.05, 0) is 6.92 Å². The lowest BCUT2D eigenvalue weighted by molar-refractivity contribution is 0.129. The van der Waals surface area contributed by atoms with Crippen LogP contribution < -0.4 is 10.9 Å². The van der Waals surface area contributed by atoms with Gasteiger partial charge in [0.1, 0.15) is 5.02 Å². The van der Waals surface area contributed by atoms with Gasteiger partial charge in [-0.3, -0.25) is 4.79 Å². The first-order chi connectivity index (χ1) is 7.06. The topological polar surface area (TPSA) is 56.1 Å². The Hall–Kier alpha value is -1.07. The van der Waals surface area contributed by atoms with Crippen LogP contribution in [-0.4, -0.2) is 29.5 Å². The molecule has 0 saturated heterocycles. The van der Waals surface area contributed by atoms with Crippen LogP contribution in [0.15, 0.2) is 11.0 Å². The smallest absolute Gasteiger partial charge is 0.287 e. The zero-order valence-corrected chi connectivity index (χ0v) is 9.71. The SMILES string of the molecule is COC(C)CNc1cnn(C)c(=O)c1Cl. The maximum atomic E-state index is 11.4. The molecule has 6 heteroatoms. The van der Waals surface area contributed by atoms with Crippen molar-refractivity contribution in [3.05, 3.63) is 21.6 Å². The molecule has 1 unspecified atom stereocenters. The predicted molar refractivity (Wildman–Crippen MR) is 59.4 cm³/mol. The van der Waals surface area contributed by atoms with Crippen molar-refractivity contribution in [2.45, 2.75) is 13.0 Å². The van der Waals surface area contributed by atoms with E-state index in [4.69, 9.17) is 16.3 Å². The van der Waals surface area contributed by atoms with Gasteiger partial charge in [-0.2, -0.15) is 5.10 Å². The fraction of sp³-hybridized carbons (Fsp3) is 0.556. The fourth-order valence-corrected chi connectivity index (χ4v) is 1.21. The van der Waals surface area contributed by atoms with Gasteiger partial charge in [0.2, 0.25) is 0 Å². The Balaban J connectivity index is 2.79. The molecule has 0 radical (unpaired) electrons. The minimum absolute atomic E-state index is 0.0464. The number of nitrogens with one attached hydrogen (secondary N) is 1. The Bertz CT molecular complexity index is 391. The second-order valence-electron chi connectivity index (χ2n) is 3.23. The molecule has 0 aromatic carbocycles. The van der Waals surface area contributed by atoms with Crippen LogP contribution in [0, 0.1) is 0 Å². The molecule has 0 saturated carbocycles. The average Bonchev–Trinajstić information content (AvgIpc) is 2.24. The van der Waals surface area contributed by atoms with Crippen molar-refractivity contribution in [3.8, 4) is 0 Å². The van der Waals surface area contributed by atoms with Crippen LogP contribution in [0.2, 0.25) is 5.02 Å². The van der Waals surface area contributed by atoms with Gasteiger partial charge in [0.25, 0.3) is 5.56 Å². The molecule has 0 aliphatic carbocycles. The number of methoxy groups -OCH3 is 1. The lowest BCUT2D eigenvalue weighted by Crippen LogP contribution is -2.23. The van der Waals surface area contributed by atoms with Gasteiger partial charge >= 0.3 is 0 Å². The van der Waals surface area contributed by atoms with Crippen molar-refractivity contribution in [2.24, 2.45) is 7.05 Å². The first kappa shape index (κ1) is 12.0. The first-order valence-corrected chi connectivity index (χ1v) is 4.92. The lowest BCUT2D eigenvalue weighted by Gasteiger charge is -2.12. The van der Waals surface area contributed by atoms with Crippen molar-refractivity contribution in [2.75, 3.05) is 19.0 Å². The Morgan fingerprint density at radius 1 is 1.73 bits per heavy atom. The van der Waals surface area contributed by atoms with Crippen molar-refractivity contribution in [1.29, 1.82) is 0 Å². The molecular weight excluding hydrogens is 218 g/mol. The summed E-state index contributed by atoms with van der Waals surface area (Å²) in [5.74, 6) is 0. The maximum Gasteiger partial charge on any atom is 0.287 e. The van der Waals surface area contributed by atoms with E-state index < -0.39 is 0 Å².